The lowest BCUT2D eigenvalue weighted by molar-refractivity contribution is 0.0956. The Kier molecular flexibility index (Phi) is 7.59. The predicted octanol–water partition coefficient (Wildman–Crippen LogP) is 3.71. The highest BCUT2D eigenvalue weighted by Crippen LogP contribution is 2.24. The van der Waals surface area contributed by atoms with Crippen LogP contribution in [-0.4, -0.2) is 39.9 Å². The van der Waals surface area contributed by atoms with Gasteiger partial charge < -0.3 is 5.32 Å². The average Bonchev–Trinajstić information content (AvgIpc) is 2.59. The van der Waals surface area contributed by atoms with Crippen LogP contribution < -0.4 is 9.62 Å². The van der Waals surface area contributed by atoms with Gasteiger partial charge in [-0.1, -0.05) is 41.4 Å². The molecule has 0 fully saturated rings. The lowest BCUT2D eigenvalue weighted by Gasteiger charge is -2.17. The van der Waals surface area contributed by atoms with E-state index in [1.165, 1.54) is 30.3 Å². The zero-order valence-corrected chi connectivity index (χ0v) is 17.9. The summed E-state index contributed by atoms with van der Waals surface area (Å²) in [4.78, 5) is 12.3. The number of nitrogens with zero attached hydrogens (tertiary/aromatic N) is 1. The number of sulfonamides is 1. The topological polar surface area (TPSA) is 66.5 Å². The van der Waals surface area contributed by atoms with Crippen LogP contribution in [0.2, 0.25) is 5.02 Å². The zero-order valence-electron chi connectivity index (χ0n) is 15.5. The van der Waals surface area contributed by atoms with Gasteiger partial charge >= 0.3 is 0 Å². The van der Waals surface area contributed by atoms with Crippen molar-refractivity contribution < 1.29 is 13.2 Å². The number of anilines is 1. The molecule has 0 bridgehead atoms. The molecule has 0 aliphatic heterocycles. The molecular formula is C19H23ClN2O3S2. The van der Waals surface area contributed by atoms with Gasteiger partial charge in [0.25, 0.3) is 5.91 Å². The first-order valence-corrected chi connectivity index (χ1v) is 11.7. The molecule has 2 aromatic rings. The van der Waals surface area contributed by atoms with Crippen LogP contribution in [0.15, 0.2) is 42.5 Å². The first kappa shape index (κ1) is 21.6. The first-order chi connectivity index (χ1) is 12.7. The van der Waals surface area contributed by atoms with Crippen LogP contribution in [0, 0.1) is 6.92 Å². The van der Waals surface area contributed by atoms with Crippen molar-refractivity contribution in [2.24, 2.45) is 0 Å². The van der Waals surface area contributed by atoms with E-state index < -0.39 is 10.0 Å². The molecule has 2 rings (SSSR count). The van der Waals surface area contributed by atoms with Crippen LogP contribution in [0.1, 0.15) is 21.5 Å². The number of halogens is 1. The van der Waals surface area contributed by atoms with E-state index in [1.54, 1.807) is 17.8 Å². The van der Waals surface area contributed by atoms with Crippen LogP contribution in [0.3, 0.4) is 0 Å². The van der Waals surface area contributed by atoms with Crippen molar-refractivity contribution in [1.82, 2.24) is 5.32 Å². The van der Waals surface area contributed by atoms with E-state index in [0.29, 0.717) is 17.8 Å². The van der Waals surface area contributed by atoms with Gasteiger partial charge in [-0.25, -0.2) is 8.42 Å². The van der Waals surface area contributed by atoms with Gasteiger partial charge in [0.05, 0.1) is 22.5 Å². The minimum absolute atomic E-state index is 0.216. The Hall–Kier alpha value is -1.70. The molecule has 0 saturated carbocycles. The smallest absolute Gasteiger partial charge is 0.252 e. The average molecular weight is 427 g/mol. The number of amides is 1. The Morgan fingerprint density at radius 2 is 1.96 bits per heavy atom. The van der Waals surface area contributed by atoms with Gasteiger partial charge in [-0.15, -0.1) is 0 Å². The Balaban J connectivity index is 1.85. The maximum atomic E-state index is 12.3. The number of thioether (sulfide) groups is 1. The molecule has 2 aromatic carbocycles. The minimum Gasteiger partial charge on any atom is -0.351 e. The highest BCUT2D eigenvalue weighted by molar-refractivity contribution is 7.98. The van der Waals surface area contributed by atoms with Crippen molar-refractivity contribution in [3.05, 3.63) is 64.2 Å². The Labute approximate surface area is 170 Å². The standard InChI is InChI=1S/C19H23ClN2O3S2/c1-14-5-4-6-15(11-14)13-26-10-9-21-19(23)17-8-7-16(12-18(17)20)22(2)27(3,24)25/h4-8,11-12H,9-10,13H2,1-3H3,(H,21,23). The molecule has 0 aliphatic rings. The summed E-state index contributed by atoms with van der Waals surface area (Å²) in [5, 5.41) is 3.06. The van der Waals surface area contributed by atoms with Crippen LogP contribution >= 0.6 is 23.4 Å². The largest absolute Gasteiger partial charge is 0.351 e. The lowest BCUT2D eigenvalue weighted by atomic mass is 10.2. The summed E-state index contributed by atoms with van der Waals surface area (Å²) in [5.74, 6) is 1.40. The third-order valence-electron chi connectivity index (χ3n) is 3.94. The highest BCUT2D eigenvalue weighted by atomic mass is 35.5. The molecule has 146 valence electrons. The summed E-state index contributed by atoms with van der Waals surface area (Å²) in [6, 6.07) is 12.9. The maximum absolute atomic E-state index is 12.3. The zero-order chi connectivity index (χ0) is 20.0. The number of aryl methyl sites for hydroxylation is 1. The second-order valence-corrected chi connectivity index (χ2v) is 9.72. The maximum Gasteiger partial charge on any atom is 0.252 e. The second kappa shape index (κ2) is 9.48. The van der Waals surface area contributed by atoms with Gasteiger partial charge in [-0.2, -0.15) is 11.8 Å². The van der Waals surface area contributed by atoms with Crippen LogP contribution in [0.25, 0.3) is 0 Å². The van der Waals surface area contributed by atoms with Crippen molar-refractivity contribution >= 4 is 45.0 Å². The summed E-state index contributed by atoms with van der Waals surface area (Å²) < 4.78 is 24.3. The molecule has 8 heteroatoms. The SMILES string of the molecule is Cc1cccc(CSCCNC(=O)c2ccc(N(C)S(C)(=O)=O)cc2Cl)c1. The Morgan fingerprint density at radius 3 is 2.59 bits per heavy atom. The molecule has 1 amide bonds. The number of nitrogens with one attached hydrogen (secondary N) is 1. The summed E-state index contributed by atoms with van der Waals surface area (Å²) in [6.45, 7) is 2.59. The molecule has 0 radical (unpaired) electrons. The number of benzene rings is 2. The summed E-state index contributed by atoms with van der Waals surface area (Å²) in [5.41, 5.74) is 3.24. The van der Waals surface area contributed by atoms with E-state index in [0.717, 1.165) is 22.1 Å². The van der Waals surface area contributed by atoms with Crippen LogP contribution in [0.4, 0.5) is 5.69 Å². The normalized spacial score (nSPS) is 11.3. The Bertz CT molecular complexity index is 917. The molecule has 0 saturated heterocycles. The third kappa shape index (κ3) is 6.45. The summed E-state index contributed by atoms with van der Waals surface area (Å²) >= 11 is 7.91. The first-order valence-electron chi connectivity index (χ1n) is 8.33. The van der Waals surface area contributed by atoms with Crippen LogP contribution in [0.5, 0.6) is 0 Å². The Morgan fingerprint density at radius 1 is 1.22 bits per heavy atom. The van der Waals surface area contributed by atoms with Crippen molar-refractivity contribution in [2.45, 2.75) is 12.7 Å². The fourth-order valence-electron chi connectivity index (χ4n) is 2.40. The predicted molar refractivity (Wildman–Crippen MR) is 114 cm³/mol. The number of hydrogen-bond donors (Lipinski definition) is 1. The fourth-order valence-corrected chi connectivity index (χ4v) is 3.96. The molecule has 1 N–H and O–H groups in total. The number of carbonyl (C=O) groups is 1. The van der Waals surface area contributed by atoms with E-state index >= 15 is 0 Å². The molecule has 0 heterocycles. The second-order valence-electron chi connectivity index (χ2n) is 6.19. The molecule has 0 atom stereocenters. The quantitative estimate of drug-likeness (QED) is 0.653. The molecule has 0 aliphatic carbocycles. The van der Waals surface area contributed by atoms with Gasteiger partial charge in [0.2, 0.25) is 10.0 Å². The molecule has 0 unspecified atom stereocenters. The lowest BCUT2D eigenvalue weighted by Crippen LogP contribution is -2.27. The molecule has 5 nitrogen and oxygen atoms in total. The van der Waals surface area contributed by atoms with Gasteiger partial charge in [0.15, 0.2) is 0 Å². The summed E-state index contributed by atoms with van der Waals surface area (Å²) in [6.07, 6.45) is 1.11. The van der Waals surface area contributed by atoms with Gasteiger partial charge in [0.1, 0.15) is 0 Å². The van der Waals surface area contributed by atoms with Crippen molar-refractivity contribution in [3.8, 4) is 0 Å². The van der Waals surface area contributed by atoms with Crippen LogP contribution in [-0.2, 0) is 15.8 Å². The van der Waals surface area contributed by atoms with E-state index in [1.807, 2.05) is 6.07 Å². The number of rotatable bonds is 8. The van der Waals surface area contributed by atoms with Crippen molar-refractivity contribution in [3.63, 3.8) is 0 Å². The van der Waals surface area contributed by atoms with Crippen molar-refractivity contribution in [1.29, 1.82) is 0 Å². The number of carbonyl (C=O) groups excluding carboxylic acids is 1. The van der Waals surface area contributed by atoms with Gasteiger partial charge in [0, 0.05) is 25.1 Å². The fraction of sp³-hybridized carbons (Fsp3) is 0.316. The monoisotopic (exact) mass is 426 g/mol. The van der Waals surface area contributed by atoms with E-state index in [-0.39, 0.29) is 10.9 Å². The molecule has 27 heavy (non-hydrogen) atoms. The molecule has 0 aromatic heterocycles. The molecule has 0 spiro atoms. The summed E-state index contributed by atoms with van der Waals surface area (Å²) in [7, 11) is -1.94. The van der Waals surface area contributed by atoms with Crippen molar-refractivity contribution in [2.75, 3.05) is 29.9 Å². The highest BCUT2D eigenvalue weighted by Gasteiger charge is 2.16. The minimum atomic E-state index is -3.38. The van der Waals surface area contributed by atoms with Gasteiger partial charge in [-0.3, -0.25) is 9.10 Å². The number of hydrogen-bond acceptors (Lipinski definition) is 4. The van der Waals surface area contributed by atoms with E-state index in [4.69, 9.17) is 11.6 Å². The van der Waals surface area contributed by atoms with E-state index in [2.05, 4.69) is 30.4 Å². The third-order valence-corrected chi connectivity index (χ3v) is 6.49. The van der Waals surface area contributed by atoms with Gasteiger partial charge in [-0.05, 0) is 30.7 Å². The molecular weight excluding hydrogens is 404 g/mol. The van der Waals surface area contributed by atoms with E-state index in [9.17, 15) is 13.2 Å².